The van der Waals surface area contributed by atoms with Crippen LogP contribution >= 0.6 is 0 Å². The Morgan fingerprint density at radius 2 is 2.05 bits per heavy atom. The van der Waals surface area contributed by atoms with Crippen LogP contribution in [0.25, 0.3) is 0 Å². The van der Waals surface area contributed by atoms with E-state index in [1.165, 1.54) is 18.2 Å². The van der Waals surface area contributed by atoms with Gasteiger partial charge in [-0.15, -0.1) is 0 Å². The van der Waals surface area contributed by atoms with E-state index < -0.39 is 41.8 Å². The molecule has 0 radical (unpaired) electrons. The fourth-order valence-electron chi connectivity index (χ4n) is 2.35. The molecule has 0 unspecified atom stereocenters. The quantitative estimate of drug-likeness (QED) is 0.869. The topological polar surface area (TPSA) is 94.9 Å². The highest BCUT2D eigenvalue weighted by atomic mass is 19.1. The molecule has 1 aromatic carbocycles. The fraction of sp³-hybridized carbons (Fsp3) is 0.214. The number of carboxylic acids is 1. The van der Waals surface area contributed by atoms with Gasteiger partial charge in [0, 0.05) is 0 Å². The molecule has 0 aliphatic carbocycles. The first kappa shape index (κ1) is 14.7. The summed E-state index contributed by atoms with van der Waals surface area (Å²) in [5, 5.41) is 18.7. The molecule has 0 saturated carbocycles. The lowest BCUT2D eigenvalue weighted by molar-refractivity contribution is -0.144. The van der Waals surface area contributed by atoms with Crippen molar-refractivity contribution in [2.45, 2.75) is 13.0 Å². The van der Waals surface area contributed by atoms with Crippen LogP contribution in [0.15, 0.2) is 35.6 Å². The Hall–Kier alpha value is -2.70. The van der Waals surface area contributed by atoms with Crippen LogP contribution in [-0.2, 0) is 14.4 Å². The smallest absolute Gasteiger partial charge is 0.323 e. The number of hydrogen-bond donors (Lipinski definition) is 2. The van der Waals surface area contributed by atoms with Gasteiger partial charge >= 0.3 is 5.97 Å². The molecule has 0 bridgehead atoms. The average Bonchev–Trinajstić information content (AvgIpc) is 2.63. The molecule has 21 heavy (non-hydrogen) atoms. The van der Waals surface area contributed by atoms with Crippen molar-refractivity contribution in [2.75, 3.05) is 6.54 Å². The second-order valence-electron chi connectivity index (χ2n) is 4.60. The zero-order valence-electron chi connectivity index (χ0n) is 11.0. The minimum absolute atomic E-state index is 0.221. The van der Waals surface area contributed by atoms with Crippen molar-refractivity contribution in [3.63, 3.8) is 0 Å². The van der Waals surface area contributed by atoms with Gasteiger partial charge in [0.05, 0.1) is 11.6 Å². The van der Waals surface area contributed by atoms with Crippen LogP contribution in [0.4, 0.5) is 4.39 Å². The molecule has 1 aliphatic heterocycles. The number of rotatable bonds is 4. The van der Waals surface area contributed by atoms with E-state index in [0.717, 1.165) is 17.9 Å². The van der Waals surface area contributed by atoms with Crippen LogP contribution < -0.4 is 0 Å². The van der Waals surface area contributed by atoms with Crippen LogP contribution in [-0.4, -0.2) is 39.3 Å². The summed E-state index contributed by atoms with van der Waals surface area (Å²) in [6.07, 6.45) is 0. The number of aliphatic hydroxyl groups excluding tert-OH is 1. The van der Waals surface area contributed by atoms with Gasteiger partial charge in [0.25, 0.3) is 5.91 Å². The number of carboxylic acid groups (broad SMARTS) is 1. The molecule has 2 N–H and O–H groups in total. The minimum Gasteiger partial charge on any atom is -0.503 e. The number of aliphatic hydroxyl groups is 1. The van der Waals surface area contributed by atoms with Crippen molar-refractivity contribution in [1.82, 2.24) is 4.90 Å². The number of carbonyl (C=O) groups excluding carboxylic acids is 2. The van der Waals surface area contributed by atoms with Crippen molar-refractivity contribution in [3.8, 4) is 0 Å². The Bertz CT molecular complexity index is 667. The Morgan fingerprint density at radius 3 is 2.57 bits per heavy atom. The number of Topliss-reactive ketones (excluding diaryl/α,β-unsaturated/α-hetero) is 1. The maximum atomic E-state index is 13.3. The maximum Gasteiger partial charge on any atom is 0.323 e. The molecule has 1 atom stereocenters. The largest absolute Gasteiger partial charge is 0.503 e. The van der Waals surface area contributed by atoms with Crippen LogP contribution in [0.1, 0.15) is 18.5 Å². The Labute approximate surface area is 119 Å². The van der Waals surface area contributed by atoms with Crippen molar-refractivity contribution in [2.24, 2.45) is 0 Å². The summed E-state index contributed by atoms with van der Waals surface area (Å²) in [4.78, 5) is 35.3. The lowest BCUT2D eigenvalue weighted by Crippen LogP contribution is -2.35. The van der Waals surface area contributed by atoms with E-state index >= 15 is 0 Å². The molecule has 7 heteroatoms. The molecular weight excluding hydrogens is 281 g/mol. The molecule has 2 rings (SSSR count). The van der Waals surface area contributed by atoms with Gasteiger partial charge in [-0.05, 0) is 24.6 Å². The minimum atomic E-state index is -1.30. The first-order valence-electron chi connectivity index (χ1n) is 6.05. The Kier molecular flexibility index (Phi) is 3.75. The summed E-state index contributed by atoms with van der Waals surface area (Å²) in [7, 11) is 0. The standard InChI is InChI=1S/C14H12FNO5/c1-7(17)11-12(8-3-2-4-9(15)5-8)16(6-10(18)19)14(21)13(11)20/h2-5,12,20H,6H2,1H3,(H,18,19)/t12-/m1/s1. The fourth-order valence-corrected chi connectivity index (χ4v) is 2.35. The average molecular weight is 293 g/mol. The van der Waals surface area contributed by atoms with E-state index in [9.17, 15) is 23.9 Å². The van der Waals surface area contributed by atoms with E-state index in [1.807, 2.05) is 0 Å². The van der Waals surface area contributed by atoms with E-state index in [1.54, 1.807) is 0 Å². The molecule has 1 amide bonds. The van der Waals surface area contributed by atoms with Gasteiger partial charge in [-0.25, -0.2) is 4.39 Å². The summed E-state index contributed by atoms with van der Waals surface area (Å²) in [6.45, 7) is 0.441. The van der Waals surface area contributed by atoms with E-state index in [2.05, 4.69) is 0 Å². The lowest BCUT2D eigenvalue weighted by Gasteiger charge is -2.24. The van der Waals surface area contributed by atoms with Crippen molar-refractivity contribution in [1.29, 1.82) is 0 Å². The molecule has 0 fully saturated rings. The van der Waals surface area contributed by atoms with Crippen LogP contribution in [0, 0.1) is 5.82 Å². The molecule has 1 aromatic rings. The Morgan fingerprint density at radius 1 is 1.38 bits per heavy atom. The highest BCUT2D eigenvalue weighted by molar-refractivity contribution is 6.08. The first-order valence-corrected chi connectivity index (χ1v) is 6.05. The number of ketones is 1. The van der Waals surface area contributed by atoms with E-state index in [-0.39, 0.29) is 11.1 Å². The summed E-state index contributed by atoms with van der Waals surface area (Å²) < 4.78 is 13.3. The van der Waals surface area contributed by atoms with Gasteiger partial charge in [0.2, 0.25) is 0 Å². The third-order valence-electron chi connectivity index (χ3n) is 3.15. The molecule has 1 heterocycles. The lowest BCUT2D eigenvalue weighted by atomic mass is 9.97. The van der Waals surface area contributed by atoms with Gasteiger partial charge in [-0.1, -0.05) is 12.1 Å². The first-order chi connectivity index (χ1) is 9.82. The van der Waals surface area contributed by atoms with Crippen molar-refractivity contribution in [3.05, 3.63) is 47.0 Å². The second kappa shape index (κ2) is 5.35. The number of amides is 1. The summed E-state index contributed by atoms with van der Waals surface area (Å²) in [5.74, 6) is -4.23. The molecule has 0 aromatic heterocycles. The number of halogens is 1. The third-order valence-corrected chi connectivity index (χ3v) is 3.15. The highest BCUT2D eigenvalue weighted by Crippen LogP contribution is 2.37. The summed E-state index contributed by atoms with van der Waals surface area (Å²) >= 11 is 0. The number of benzene rings is 1. The predicted molar refractivity (Wildman–Crippen MR) is 68.8 cm³/mol. The molecule has 0 saturated heterocycles. The molecular formula is C14H12FNO5. The summed E-state index contributed by atoms with van der Waals surface area (Å²) in [6, 6.07) is 3.99. The van der Waals surface area contributed by atoms with Gasteiger partial charge < -0.3 is 15.1 Å². The molecule has 6 nitrogen and oxygen atoms in total. The van der Waals surface area contributed by atoms with Gasteiger partial charge in [-0.3, -0.25) is 14.4 Å². The number of nitrogens with zero attached hydrogens (tertiary/aromatic N) is 1. The number of carbonyl (C=O) groups is 3. The molecule has 1 aliphatic rings. The Balaban J connectivity index is 2.56. The zero-order valence-corrected chi connectivity index (χ0v) is 11.0. The predicted octanol–water partition coefficient (Wildman–Crippen LogP) is 1.19. The highest BCUT2D eigenvalue weighted by Gasteiger charge is 2.43. The van der Waals surface area contributed by atoms with Crippen LogP contribution in [0.3, 0.4) is 0 Å². The van der Waals surface area contributed by atoms with Crippen molar-refractivity contribution >= 4 is 17.7 Å². The van der Waals surface area contributed by atoms with E-state index in [4.69, 9.17) is 5.11 Å². The van der Waals surface area contributed by atoms with Crippen LogP contribution in [0.2, 0.25) is 0 Å². The van der Waals surface area contributed by atoms with E-state index in [0.29, 0.717) is 0 Å². The van der Waals surface area contributed by atoms with Gasteiger partial charge in [-0.2, -0.15) is 0 Å². The SMILES string of the molecule is CC(=O)C1=C(O)C(=O)N(CC(=O)O)[C@@H]1c1cccc(F)c1. The molecule has 0 spiro atoms. The molecule has 110 valence electrons. The normalized spacial score (nSPS) is 18.3. The maximum absolute atomic E-state index is 13.3. The van der Waals surface area contributed by atoms with Gasteiger partial charge in [0.15, 0.2) is 11.5 Å². The third kappa shape index (κ3) is 2.62. The van der Waals surface area contributed by atoms with Crippen LogP contribution in [0.5, 0.6) is 0 Å². The van der Waals surface area contributed by atoms with Crippen molar-refractivity contribution < 1.29 is 29.0 Å². The number of hydrogen-bond acceptors (Lipinski definition) is 4. The van der Waals surface area contributed by atoms with Gasteiger partial charge in [0.1, 0.15) is 12.4 Å². The summed E-state index contributed by atoms with van der Waals surface area (Å²) in [5.41, 5.74) is -0.00861. The number of aliphatic carboxylic acids is 1. The zero-order chi connectivity index (χ0) is 15.7. The monoisotopic (exact) mass is 293 g/mol. The second-order valence-corrected chi connectivity index (χ2v) is 4.60.